The Morgan fingerprint density at radius 2 is 2.06 bits per heavy atom. The summed E-state index contributed by atoms with van der Waals surface area (Å²) in [5.41, 5.74) is 1.38. The van der Waals surface area contributed by atoms with Crippen LogP contribution in [0.25, 0.3) is 0 Å². The zero-order chi connectivity index (χ0) is 12.3. The van der Waals surface area contributed by atoms with Crippen molar-refractivity contribution < 1.29 is 9.84 Å². The van der Waals surface area contributed by atoms with Crippen molar-refractivity contribution in [2.75, 3.05) is 27.3 Å². The fourth-order valence-corrected chi connectivity index (χ4v) is 2.30. The van der Waals surface area contributed by atoms with Gasteiger partial charge in [-0.25, -0.2) is 0 Å². The normalized spacial score (nSPS) is 17.2. The van der Waals surface area contributed by atoms with E-state index in [1.807, 2.05) is 18.2 Å². The molecule has 1 aromatic rings. The third-order valence-corrected chi connectivity index (χ3v) is 3.53. The average molecular weight is 235 g/mol. The number of methoxy groups -OCH3 is 1. The van der Waals surface area contributed by atoms with Gasteiger partial charge in [0.2, 0.25) is 0 Å². The van der Waals surface area contributed by atoms with Crippen molar-refractivity contribution in [3.63, 3.8) is 0 Å². The Labute approximate surface area is 103 Å². The second-order valence-corrected chi connectivity index (χ2v) is 5.14. The molecular formula is C14H21NO2. The first kappa shape index (κ1) is 12.4. The monoisotopic (exact) mass is 235 g/mol. The SMILES string of the molecule is COc1ccccc1CN(C)CC1(CO)CC1. The van der Waals surface area contributed by atoms with E-state index in [0.717, 1.165) is 31.7 Å². The van der Waals surface area contributed by atoms with Crippen molar-refractivity contribution in [1.29, 1.82) is 0 Å². The summed E-state index contributed by atoms with van der Waals surface area (Å²) in [6.07, 6.45) is 2.31. The van der Waals surface area contributed by atoms with E-state index in [1.165, 1.54) is 5.56 Å². The minimum absolute atomic E-state index is 0.177. The fourth-order valence-electron chi connectivity index (χ4n) is 2.30. The van der Waals surface area contributed by atoms with E-state index in [4.69, 9.17) is 4.74 Å². The molecule has 17 heavy (non-hydrogen) atoms. The Hall–Kier alpha value is -1.06. The van der Waals surface area contributed by atoms with E-state index >= 15 is 0 Å². The van der Waals surface area contributed by atoms with Crippen LogP contribution in [0.2, 0.25) is 0 Å². The highest BCUT2D eigenvalue weighted by Gasteiger charge is 2.42. The van der Waals surface area contributed by atoms with Crippen molar-refractivity contribution in [3.05, 3.63) is 29.8 Å². The maximum absolute atomic E-state index is 9.32. The van der Waals surface area contributed by atoms with Crippen LogP contribution in [-0.4, -0.2) is 37.3 Å². The lowest BCUT2D eigenvalue weighted by Gasteiger charge is -2.23. The molecule has 2 rings (SSSR count). The van der Waals surface area contributed by atoms with Gasteiger partial charge in [-0.1, -0.05) is 18.2 Å². The molecule has 0 spiro atoms. The van der Waals surface area contributed by atoms with Crippen LogP contribution in [0.15, 0.2) is 24.3 Å². The van der Waals surface area contributed by atoms with Crippen LogP contribution >= 0.6 is 0 Å². The Morgan fingerprint density at radius 1 is 1.35 bits per heavy atom. The van der Waals surface area contributed by atoms with Crippen molar-refractivity contribution in [3.8, 4) is 5.75 Å². The molecule has 0 saturated heterocycles. The Kier molecular flexibility index (Phi) is 3.69. The molecule has 1 aromatic carbocycles. The summed E-state index contributed by atoms with van der Waals surface area (Å²) in [6.45, 7) is 2.14. The van der Waals surface area contributed by atoms with Crippen LogP contribution < -0.4 is 4.74 Å². The van der Waals surface area contributed by atoms with Crippen molar-refractivity contribution in [2.45, 2.75) is 19.4 Å². The summed E-state index contributed by atoms with van der Waals surface area (Å²) in [5.74, 6) is 0.938. The van der Waals surface area contributed by atoms with Crippen LogP contribution in [0.1, 0.15) is 18.4 Å². The summed E-state index contributed by atoms with van der Waals surface area (Å²) < 4.78 is 5.34. The second-order valence-electron chi connectivity index (χ2n) is 5.14. The maximum Gasteiger partial charge on any atom is 0.123 e. The first-order chi connectivity index (χ1) is 8.19. The Bertz CT molecular complexity index is 374. The Morgan fingerprint density at radius 3 is 2.65 bits per heavy atom. The summed E-state index contributed by atoms with van der Waals surface area (Å²) in [5, 5.41) is 9.32. The number of hydrogen-bond donors (Lipinski definition) is 1. The quantitative estimate of drug-likeness (QED) is 0.817. The standard InChI is InChI=1S/C14H21NO2/c1-15(10-14(11-16)7-8-14)9-12-5-3-4-6-13(12)17-2/h3-6,16H,7-11H2,1-2H3. The molecular weight excluding hydrogens is 214 g/mol. The highest BCUT2D eigenvalue weighted by molar-refractivity contribution is 5.33. The predicted octanol–water partition coefficient (Wildman–Crippen LogP) is 1.90. The predicted molar refractivity (Wildman–Crippen MR) is 68.1 cm³/mol. The van der Waals surface area contributed by atoms with Crippen LogP contribution in [0, 0.1) is 5.41 Å². The minimum atomic E-state index is 0.177. The summed E-state index contributed by atoms with van der Waals surface area (Å²) in [6, 6.07) is 8.10. The molecule has 1 saturated carbocycles. The second kappa shape index (κ2) is 5.07. The van der Waals surface area contributed by atoms with Crippen LogP contribution in [0.4, 0.5) is 0 Å². The Balaban J connectivity index is 1.95. The number of para-hydroxylation sites is 1. The van der Waals surface area contributed by atoms with Gasteiger partial charge >= 0.3 is 0 Å². The molecule has 94 valence electrons. The molecule has 0 aromatic heterocycles. The number of aliphatic hydroxyl groups excluding tert-OH is 1. The van der Waals surface area contributed by atoms with E-state index in [9.17, 15) is 5.11 Å². The highest BCUT2D eigenvalue weighted by atomic mass is 16.5. The molecule has 1 N–H and O–H groups in total. The number of nitrogens with zero attached hydrogens (tertiary/aromatic N) is 1. The maximum atomic E-state index is 9.32. The van der Waals surface area contributed by atoms with Gasteiger partial charge in [0.25, 0.3) is 0 Å². The van der Waals surface area contributed by atoms with Gasteiger partial charge in [-0.15, -0.1) is 0 Å². The highest BCUT2D eigenvalue weighted by Crippen LogP contribution is 2.45. The van der Waals surface area contributed by atoms with Gasteiger partial charge in [-0.05, 0) is 26.0 Å². The van der Waals surface area contributed by atoms with Gasteiger partial charge in [-0.2, -0.15) is 0 Å². The van der Waals surface area contributed by atoms with E-state index in [1.54, 1.807) is 7.11 Å². The van der Waals surface area contributed by atoms with Gasteiger partial charge in [0.15, 0.2) is 0 Å². The number of rotatable bonds is 6. The molecule has 3 nitrogen and oxygen atoms in total. The molecule has 1 fully saturated rings. The lowest BCUT2D eigenvalue weighted by atomic mass is 10.1. The molecule has 0 unspecified atom stereocenters. The zero-order valence-corrected chi connectivity index (χ0v) is 10.6. The van der Waals surface area contributed by atoms with E-state index < -0.39 is 0 Å². The van der Waals surface area contributed by atoms with E-state index in [-0.39, 0.29) is 5.41 Å². The molecule has 1 aliphatic rings. The number of hydrogen-bond acceptors (Lipinski definition) is 3. The molecule has 0 radical (unpaired) electrons. The molecule has 0 aliphatic heterocycles. The number of ether oxygens (including phenoxy) is 1. The molecule has 0 amide bonds. The van der Waals surface area contributed by atoms with Crippen LogP contribution in [-0.2, 0) is 6.54 Å². The number of benzene rings is 1. The molecule has 3 heteroatoms. The lowest BCUT2D eigenvalue weighted by Crippen LogP contribution is -2.28. The summed E-state index contributed by atoms with van der Waals surface area (Å²) in [4.78, 5) is 2.26. The third kappa shape index (κ3) is 2.99. The topological polar surface area (TPSA) is 32.7 Å². The molecule has 0 atom stereocenters. The third-order valence-electron chi connectivity index (χ3n) is 3.53. The van der Waals surface area contributed by atoms with Gasteiger partial charge in [0, 0.05) is 30.7 Å². The average Bonchev–Trinajstić information content (AvgIpc) is 3.10. The zero-order valence-electron chi connectivity index (χ0n) is 10.6. The smallest absolute Gasteiger partial charge is 0.123 e. The summed E-state index contributed by atoms with van der Waals surface area (Å²) >= 11 is 0. The fraction of sp³-hybridized carbons (Fsp3) is 0.571. The van der Waals surface area contributed by atoms with Gasteiger partial charge in [-0.3, -0.25) is 0 Å². The van der Waals surface area contributed by atoms with Crippen molar-refractivity contribution in [2.24, 2.45) is 5.41 Å². The first-order valence-corrected chi connectivity index (χ1v) is 6.10. The van der Waals surface area contributed by atoms with Crippen LogP contribution in [0.5, 0.6) is 5.75 Å². The number of aliphatic hydroxyl groups is 1. The van der Waals surface area contributed by atoms with Crippen molar-refractivity contribution >= 4 is 0 Å². The molecule has 0 bridgehead atoms. The van der Waals surface area contributed by atoms with Crippen LogP contribution in [0.3, 0.4) is 0 Å². The van der Waals surface area contributed by atoms with Gasteiger partial charge < -0.3 is 14.7 Å². The van der Waals surface area contributed by atoms with Crippen molar-refractivity contribution in [1.82, 2.24) is 4.90 Å². The van der Waals surface area contributed by atoms with E-state index in [2.05, 4.69) is 18.0 Å². The first-order valence-electron chi connectivity index (χ1n) is 6.10. The minimum Gasteiger partial charge on any atom is -0.496 e. The molecule has 0 heterocycles. The summed E-state index contributed by atoms with van der Waals surface area (Å²) in [7, 11) is 3.80. The van der Waals surface area contributed by atoms with Gasteiger partial charge in [0.05, 0.1) is 7.11 Å². The molecule has 1 aliphatic carbocycles. The largest absolute Gasteiger partial charge is 0.496 e. The van der Waals surface area contributed by atoms with E-state index in [0.29, 0.717) is 6.61 Å². The lowest BCUT2D eigenvalue weighted by molar-refractivity contribution is 0.160. The van der Waals surface area contributed by atoms with Gasteiger partial charge in [0.1, 0.15) is 5.75 Å².